The van der Waals surface area contributed by atoms with Crippen molar-refractivity contribution in [2.45, 2.75) is 59.4 Å². The van der Waals surface area contributed by atoms with E-state index in [1.54, 1.807) is 10.4 Å². The van der Waals surface area contributed by atoms with Crippen LogP contribution < -0.4 is 42.4 Å². The Hall–Kier alpha value is -0.279. The molecule has 1 aliphatic rings. The van der Waals surface area contributed by atoms with Crippen LogP contribution in [0, 0.1) is 26.8 Å². The number of halogens is 3. The fraction of sp³-hybridized carbons (Fsp3) is 0.360. The molecule has 3 rings (SSSR count). The largest absolute Gasteiger partial charge is 4.00 e. The van der Waals surface area contributed by atoms with Crippen molar-refractivity contribution in [1.82, 2.24) is 0 Å². The van der Waals surface area contributed by atoms with Crippen LogP contribution in [-0.2, 0) is 21.7 Å². The molecule has 0 heterocycles. The van der Waals surface area contributed by atoms with Crippen LogP contribution in [0.3, 0.4) is 0 Å². The second kappa shape index (κ2) is 15.5. The molecule has 5 heteroatoms. The molecule has 0 aliphatic heterocycles. The first kappa shape index (κ1) is 31.9. The molecule has 0 nitrogen and oxygen atoms in total. The monoisotopic (exact) mass is 512 g/mol. The van der Waals surface area contributed by atoms with Gasteiger partial charge in [0.25, 0.3) is 0 Å². The van der Waals surface area contributed by atoms with Crippen molar-refractivity contribution in [2.24, 2.45) is 0 Å². The van der Waals surface area contributed by atoms with E-state index < -0.39 is 8.80 Å². The third-order valence-corrected chi connectivity index (χ3v) is 9.31. The molecule has 0 fully saturated rings. The molecule has 0 N–H and O–H groups in total. The molecule has 1 atom stereocenters. The molecular formula is C25H31Cl3SiTi. The fourth-order valence-corrected chi connectivity index (χ4v) is 8.30. The summed E-state index contributed by atoms with van der Waals surface area (Å²) in [5.41, 5.74) is 7.18. The molecule has 0 bridgehead atoms. The summed E-state index contributed by atoms with van der Waals surface area (Å²) in [6.45, 7) is 9.15. The van der Waals surface area contributed by atoms with Crippen molar-refractivity contribution in [3.05, 3.63) is 82.1 Å². The van der Waals surface area contributed by atoms with Gasteiger partial charge in [0.15, 0.2) is 0 Å². The van der Waals surface area contributed by atoms with E-state index in [4.69, 9.17) is 0 Å². The second-order valence-corrected chi connectivity index (χ2v) is 10.5. The van der Waals surface area contributed by atoms with Gasteiger partial charge in [0.1, 0.15) is 0 Å². The van der Waals surface area contributed by atoms with Crippen LogP contribution in [0.25, 0.3) is 5.57 Å². The van der Waals surface area contributed by atoms with Crippen molar-refractivity contribution in [2.75, 3.05) is 0 Å². The van der Waals surface area contributed by atoms with Crippen molar-refractivity contribution in [3.63, 3.8) is 0 Å². The third-order valence-electron chi connectivity index (χ3n) is 5.50. The summed E-state index contributed by atoms with van der Waals surface area (Å²) < 4.78 is 0. The Bertz CT molecular complexity index is 809. The SMILES string of the molecule is CCCCC[SiH](C1=[C-]CC=C1c1ccccc1)c1c(C)cc(C)cc1C.[Cl-].[Cl-].[Cl-].[Ti+4]. The van der Waals surface area contributed by atoms with Crippen LogP contribution in [0.4, 0.5) is 0 Å². The second-order valence-electron chi connectivity index (χ2n) is 7.64. The first-order chi connectivity index (χ1) is 12.6. The van der Waals surface area contributed by atoms with Gasteiger partial charge in [-0.2, -0.15) is 11.6 Å². The Morgan fingerprint density at radius 2 is 1.50 bits per heavy atom. The molecular weight excluding hydrogens is 483 g/mol. The van der Waals surface area contributed by atoms with Crippen molar-refractivity contribution in [1.29, 1.82) is 0 Å². The maximum atomic E-state index is 3.79. The van der Waals surface area contributed by atoms with E-state index in [1.807, 2.05) is 0 Å². The minimum atomic E-state index is -1.27. The summed E-state index contributed by atoms with van der Waals surface area (Å²) in [7, 11) is -1.27. The maximum Gasteiger partial charge on any atom is 4.00 e. The van der Waals surface area contributed by atoms with Crippen molar-refractivity contribution >= 4 is 19.6 Å². The van der Waals surface area contributed by atoms with Gasteiger partial charge in [-0.05, 0) is 20.8 Å². The number of aryl methyl sites for hydroxylation is 3. The molecule has 2 aromatic carbocycles. The minimum absolute atomic E-state index is 0. The number of hydrogen-bond acceptors (Lipinski definition) is 0. The summed E-state index contributed by atoms with van der Waals surface area (Å²) in [4.78, 5) is 0. The molecule has 0 amide bonds. The predicted octanol–water partition coefficient (Wildman–Crippen LogP) is -3.00. The molecule has 160 valence electrons. The van der Waals surface area contributed by atoms with E-state index in [0.29, 0.717) is 0 Å². The quantitative estimate of drug-likeness (QED) is 0.210. The Morgan fingerprint density at radius 3 is 2.07 bits per heavy atom. The zero-order valence-electron chi connectivity index (χ0n) is 18.4. The van der Waals surface area contributed by atoms with Gasteiger partial charge in [0.2, 0.25) is 0 Å². The normalized spacial score (nSPS) is 12.9. The summed E-state index contributed by atoms with van der Waals surface area (Å²) in [6.07, 6.45) is 11.1. The van der Waals surface area contributed by atoms with Gasteiger partial charge in [-0.25, -0.2) is 5.20 Å². The van der Waals surface area contributed by atoms with Gasteiger partial charge in [0, 0.05) is 0 Å². The molecule has 1 aliphatic carbocycles. The molecule has 1 unspecified atom stereocenters. The first-order valence-corrected chi connectivity index (χ1v) is 12.0. The summed E-state index contributed by atoms with van der Waals surface area (Å²) in [5, 5.41) is 3.22. The van der Waals surface area contributed by atoms with Crippen LogP contribution in [0.15, 0.2) is 53.7 Å². The molecule has 0 spiro atoms. The minimum Gasteiger partial charge on any atom is -1.00 e. The van der Waals surface area contributed by atoms with Gasteiger partial charge in [0.05, 0.1) is 8.80 Å². The summed E-state index contributed by atoms with van der Waals surface area (Å²) in [6, 6.07) is 17.0. The smallest absolute Gasteiger partial charge is 1.00 e. The summed E-state index contributed by atoms with van der Waals surface area (Å²) in [5.74, 6) is 0. The van der Waals surface area contributed by atoms with Gasteiger partial charge >= 0.3 is 21.7 Å². The molecule has 30 heavy (non-hydrogen) atoms. The van der Waals surface area contributed by atoms with Crippen LogP contribution in [0.5, 0.6) is 0 Å². The van der Waals surface area contributed by atoms with Gasteiger partial charge in [-0.1, -0.05) is 96.6 Å². The zero-order valence-corrected chi connectivity index (χ0v) is 23.3. The Kier molecular flexibility index (Phi) is 16.5. The first-order valence-electron chi connectivity index (χ1n) is 10.1. The van der Waals surface area contributed by atoms with Crippen LogP contribution in [0.1, 0.15) is 54.9 Å². The van der Waals surface area contributed by atoms with E-state index in [0.717, 1.165) is 6.42 Å². The Morgan fingerprint density at radius 1 is 0.900 bits per heavy atom. The zero-order chi connectivity index (χ0) is 18.5. The number of hydrogen-bond donors (Lipinski definition) is 0. The Balaban J connectivity index is 0. The molecule has 2 aromatic rings. The van der Waals surface area contributed by atoms with Crippen LogP contribution in [-0.4, -0.2) is 8.80 Å². The Labute approximate surface area is 218 Å². The maximum absolute atomic E-state index is 3.79. The number of rotatable bonds is 7. The topological polar surface area (TPSA) is 0 Å². The van der Waals surface area contributed by atoms with E-state index in [9.17, 15) is 0 Å². The number of benzene rings is 2. The summed E-state index contributed by atoms with van der Waals surface area (Å²) >= 11 is 0. The number of unbranched alkanes of at least 4 members (excludes halogenated alkanes) is 2. The average Bonchev–Trinajstić information content (AvgIpc) is 3.10. The van der Waals surface area contributed by atoms with Crippen molar-refractivity contribution in [3.8, 4) is 0 Å². The van der Waals surface area contributed by atoms with Crippen molar-refractivity contribution < 1.29 is 58.9 Å². The third kappa shape index (κ3) is 7.69. The van der Waals surface area contributed by atoms with E-state index in [2.05, 4.69) is 82.3 Å². The van der Waals surface area contributed by atoms with Gasteiger partial charge in [-0.3, -0.25) is 6.08 Å². The molecule has 0 aromatic heterocycles. The van der Waals surface area contributed by atoms with E-state index >= 15 is 0 Å². The van der Waals surface area contributed by atoms with E-state index in [1.165, 1.54) is 53.1 Å². The standard InChI is InChI=1S/C25H31Si.3ClH.Ti/c1-5-6-10-16-26(25-20(3)17-19(2)18-21(25)4)24-15-11-14-23(24)22-12-8-7-9-13-22;;;;/h7-9,12-14,17-18,26H,5-6,10-11,16H2,1-4H3;3*1H;/q-1;;;;+4/p-3. The van der Waals surface area contributed by atoms with Gasteiger partial charge < -0.3 is 37.2 Å². The number of allylic oxidation sites excluding steroid dienone is 4. The predicted molar refractivity (Wildman–Crippen MR) is 118 cm³/mol. The molecule has 0 radical (unpaired) electrons. The average molecular weight is 514 g/mol. The van der Waals surface area contributed by atoms with Gasteiger partial charge in [-0.15, -0.1) is 12.0 Å². The fourth-order valence-electron chi connectivity index (χ4n) is 4.44. The molecule has 0 saturated carbocycles. The van der Waals surface area contributed by atoms with Crippen LogP contribution in [0.2, 0.25) is 6.04 Å². The molecule has 0 saturated heterocycles. The van der Waals surface area contributed by atoms with Crippen LogP contribution >= 0.6 is 0 Å². The van der Waals surface area contributed by atoms with E-state index in [-0.39, 0.29) is 58.9 Å².